The van der Waals surface area contributed by atoms with E-state index in [0.29, 0.717) is 0 Å². The molecule has 4 nitrogen and oxygen atoms in total. The van der Waals surface area contributed by atoms with Gasteiger partial charge in [0.15, 0.2) is 0 Å². The van der Waals surface area contributed by atoms with Gasteiger partial charge in [-0.05, 0) is 62.3 Å². The van der Waals surface area contributed by atoms with Crippen molar-refractivity contribution >= 4 is 0 Å². The number of hydrogen-bond donors (Lipinski definition) is 0. The highest BCUT2D eigenvalue weighted by Crippen LogP contribution is 2.60. The minimum absolute atomic E-state index is 0.00645. The average Bonchev–Trinajstić information content (AvgIpc) is 2.44. The quantitative estimate of drug-likeness (QED) is 0.789. The largest absolute Gasteiger partial charge is 0.858 e. The molecule has 0 atom stereocenters. The fraction of sp³-hybridized carbons (Fsp3) is 0.588. The van der Waals surface area contributed by atoms with E-state index in [2.05, 4.69) is 4.98 Å². The summed E-state index contributed by atoms with van der Waals surface area (Å²) in [4.78, 5) is 4.21. The molecule has 106 valence electrons. The van der Waals surface area contributed by atoms with E-state index in [4.69, 9.17) is 5.26 Å². The highest BCUT2D eigenvalue weighted by atomic mass is 16.3. The number of pyridine rings is 1. The summed E-state index contributed by atoms with van der Waals surface area (Å²) in [6, 6.07) is 5.53. The molecule has 0 radical (unpaired) electrons. The van der Waals surface area contributed by atoms with Crippen LogP contribution in [-0.2, 0) is 5.41 Å². The smallest absolute Gasteiger partial charge is 0.101 e. The fourth-order valence-corrected chi connectivity index (χ4v) is 5.41. The van der Waals surface area contributed by atoms with E-state index in [-0.39, 0.29) is 16.5 Å². The Labute approximate surface area is 124 Å². The molecule has 4 aliphatic carbocycles. The van der Waals surface area contributed by atoms with Crippen LogP contribution in [0.3, 0.4) is 0 Å². The molecule has 0 aromatic carbocycles. The maximum Gasteiger partial charge on any atom is 0.101 e. The molecular weight excluding hydrogens is 262 g/mol. The van der Waals surface area contributed by atoms with Crippen molar-refractivity contribution in [1.82, 2.24) is 4.98 Å². The van der Waals surface area contributed by atoms with Gasteiger partial charge in [-0.15, -0.1) is 0 Å². The second-order valence-corrected chi connectivity index (χ2v) is 7.16. The van der Waals surface area contributed by atoms with Crippen molar-refractivity contribution in [2.24, 2.45) is 17.8 Å². The first-order valence-electron chi connectivity index (χ1n) is 7.66. The Balaban J connectivity index is 1.82. The van der Waals surface area contributed by atoms with Crippen LogP contribution in [0.1, 0.15) is 55.3 Å². The van der Waals surface area contributed by atoms with Gasteiger partial charge in [0.1, 0.15) is 12.1 Å². The van der Waals surface area contributed by atoms with Crippen LogP contribution in [0.2, 0.25) is 0 Å². The molecule has 0 amide bonds. The second kappa shape index (κ2) is 4.21. The van der Waals surface area contributed by atoms with Gasteiger partial charge in [0, 0.05) is 17.0 Å². The summed E-state index contributed by atoms with van der Waals surface area (Å²) in [5.41, 5.74) is 0.865. The predicted octanol–water partition coefficient (Wildman–Crippen LogP) is 2.37. The number of nitrogens with zero attached hydrogens (tertiary/aromatic N) is 3. The summed E-state index contributed by atoms with van der Waals surface area (Å²) < 4.78 is 0. The van der Waals surface area contributed by atoms with Gasteiger partial charge in [-0.1, -0.05) is 0 Å². The van der Waals surface area contributed by atoms with E-state index in [1.807, 2.05) is 12.1 Å². The van der Waals surface area contributed by atoms with Crippen LogP contribution in [0.15, 0.2) is 6.07 Å². The number of hydrogen-bond acceptors (Lipinski definition) is 4. The minimum atomic E-state index is -0.526. The van der Waals surface area contributed by atoms with Crippen LogP contribution >= 0.6 is 0 Å². The normalized spacial score (nSPS) is 36.2. The number of nitriles is 2. The van der Waals surface area contributed by atoms with Crippen LogP contribution in [0, 0.1) is 40.4 Å². The van der Waals surface area contributed by atoms with Crippen molar-refractivity contribution in [3.8, 4) is 18.0 Å². The highest BCUT2D eigenvalue weighted by molar-refractivity contribution is 5.52. The molecule has 4 heteroatoms. The summed E-state index contributed by atoms with van der Waals surface area (Å²) in [5.74, 6) is 1.75. The van der Waals surface area contributed by atoms with E-state index in [1.165, 1.54) is 19.3 Å². The molecule has 4 bridgehead atoms. The van der Waals surface area contributed by atoms with E-state index < -0.39 is 5.88 Å². The molecule has 1 aromatic rings. The van der Waals surface area contributed by atoms with E-state index in [0.717, 1.165) is 42.7 Å². The SMILES string of the molecule is N#Cc1cc(C23CC4CC(CC(C4)C2)C3)nc([O-])c1C#N. The van der Waals surface area contributed by atoms with Crippen LogP contribution in [0.25, 0.3) is 0 Å². The highest BCUT2D eigenvalue weighted by Gasteiger charge is 2.52. The van der Waals surface area contributed by atoms with E-state index in [9.17, 15) is 10.4 Å². The van der Waals surface area contributed by atoms with Crippen LogP contribution in [-0.4, -0.2) is 4.98 Å². The Hall–Kier alpha value is -2.07. The van der Waals surface area contributed by atoms with Gasteiger partial charge in [0.05, 0.1) is 11.1 Å². The molecule has 0 unspecified atom stereocenters. The lowest BCUT2D eigenvalue weighted by Crippen LogP contribution is -2.49. The van der Waals surface area contributed by atoms with Crippen molar-refractivity contribution in [3.05, 3.63) is 22.9 Å². The second-order valence-electron chi connectivity index (χ2n) is 7.16. The van der Waals surface area contributed by atoms with Gasteiger partial charge in [-0.3, -0.25) is 4.98 Å². The van der Waals surface area contributed by atoms with Crippen molar-refractivity contribution in [3.63, 3.8) is 0 Å². The molecule has 0 spiro atoms. The number of rotatable bonds is 1. The Bertz CT molecular complexity index is 660. The van der Waals surface area contributed by atoms with Gasteiger partial charge in [0.2, 0.25) is 0 Å². The third kappa shape index (κ3) is 1.75. The summed E-state index contributed by atoms with van der Waals surface area (Å²) in [7, 11) is 0. The Morgan fingerprint density at radius 2 is 1.62 bits per heavy atom. The molecule has 0 aliphatic heterocycles. The van der Waals surface area contributed by atoms with Gasteiger partial charge in [-0.25, -0.2) is 0 Å². The lowest BCUT2D eigenvalue weighted by atomic mass is 9.48. The summed E-state index contributed by atoms with van der Waals surface area (Å²) in [6.07, 6.45) is 7.27. The zero-order valence-electron chi connectivity index (χ0n) is 11.8. The van der Waals surface area contributed by atoms with Crippen LogP contribution in [0.5, 0.6) is 5.88 Å². The zero-order valence-corrected chi connectivity index (χ0v) is 11.8. The molecule has 1 heterocycles. The maximum absolute atomic E-state index is 12.1. The fourth-order valence-electron chi connectivity index (χ4n) is 5.41. The first-order valence-corrected chi connectivity index (χ1v) is 7.66. The predicted molar refractivity (Wildman–Crippen MR) is 73.0 cm³/mol. The molecule has 4 fully saturated rings. The van der Waals surface area contributed by atoms with Crippen LogP contribution in [0.4, 0.5) is 0 Å². The minimum Gasteiger partial charge on any atom is -0.858 e. The standard InChI is InChI=1S/C17H17N3O/c18-8-13-4-15(20-16(21)14(13)9-19)17-5-10-1-11(6-17)3-12(2-10)7-17/h4,10-12H,1-3,5-7H2,(H,20,21)/p-1. The molecule has 0 saturated heterocycles. The lowest BCUT2D eigenvalue weighted by molar-refractivity contribution is -0.275. The third-order valence-electron chi connectivity index (χ3n) is 5.80. The van der Waals surface area contributed by atoms with Gasteiger partial charge in [0.25, 0.3) is 0 Å². The summed E-state index contributed by atoms with van der Waals surface area (Å²) in [5, 5.41) is 30.3. The van der Waals surface area contributed by atoms with E-state index in [1.54, 1.807) is 6.07 Å². The first kappa shape index (κ1) is 12.7. The molecule has 4 saturated carbocycles. The van der Waals surface area contributed by atoms with Crippen LogP contribution < -0.4 is 5.11 Å². The van der Waals surface area contributed by atoms with Crippen molar-refractivity contribution in [1.29, 1.82) is 10.5 Å². The Kier molecular flexibility index (Phi) is 2.54. The summed E-state index contributed by atoms with van der Waals surface area (Å²) in [6.45, 7) is 0. The van der Waals surface area contributed by atoms with Gasteiger partial charge < -0.3 is 5.11 Å². The number of aromatic nitrogens is 1. The van der Waals surface area contributed by atoms with E-state index >= 15 is 0 Å². The first-order chi connectivity index (χ1) is 10.1. The molecule has 21 heavy (non-hydrogen) atoms. The molecule has 5 rings (SSSR count). The van der Waals surface area contributed by atoms with Crippen molar-refractivity contribution < 1.29 is 5.11 Å². The average molecular weight is 278 g/mol. The molecule has 1 aromatic heterocycles. The topological polar surface area (TPSA) is 83.5 Å². The third-order valence-corrected chi connectivity index (χ3v) is 5.80. The van der Waals surface area contributed by atoms with Gasteiger partial charge in [-0.2, -0.15) is 10.5 Å². The summed E-state index contributed by atoms with van der Waals surface area (Å²) >= 11 is 0. The zero-order chi connectivity index (χ0) is 14.6. The van der Waals surface area contributed by atoms with Gasteiger partial charge >= 0.3 is 0 Å². The lowest BCUT2D eigenvalue weighted by Gasteiger charge is -2.56. The monoisotopic (exact) mass is 278 g/mol. The Morgan fingerprint density at radius 3 is 2.10 bits per heavy atom. The molecule has 0 N–H and O–H groups in total. The Morgan fingerprint density at radius 1 is 1.05 bits per heavy atom. The maximum atomic E-state index is 12.1. The van der Waals surface area contributed by atoms with Crippen molar-refractivity contribution in [2.45, 2.75) is 43.9 Å². The van der Waals surface area contributed by atoms with Crippen molar-refractivity contribution in [2.75, 3.05) is 0 Å². The molecular formula is C17H16N3O-. The molecule has 4 aliphatic rings.